The van der Waals surface area contributed by atoms with Crippen LogP contribution in [-0.2, 0) is 0 Å². The van der Waals surface area contributed by atoms with E-state index in [9.17, 15) is 49.6 Å². The van der Waals surface area contributed by atoms with E-state index in [-0.39, 0.29) is 116 Å². The van der Waals surface area contributed by atoms with Crippen molar-refractivity contribution >= 4 is 160 Å². The Morgan fingerprint density at radius 3 is 1.07 bits per heavy atom. The molecule has 0 radical (unpaired) electrons. The largest absolute Gasteiger partial charge is 0.495 e. The van der Waals surface area contributed by atoms with Crippen molar-refractivity contribution in [2.75, 3.05) is 131 Å². The molecule has 14 rings (SSSR count). The lowest BCUT2D eigenvalue weighted by molar-refractivity contribution is 0.0652. The summed E-state index contributed by atoms with van der Waals surface area (Å²) in [6.07, 6.45) is 29.0. The number of methoxy groups -OCH3 is 1. The molecule has 0 bridgehead atoms. The van der Waals surface area contributed by atoms with E-state index in [1.165, 1.54) is 6.07 Å². The van der Waals surface area contributed by atoms with Crippen LogP contribution in [0.1, 0.15) is 217 Å². The van der Waals surface area contributed by atoms with Crippen LogP contribution in [0.4, 0.5) is 91.1 Å². The monoisotopic (exact) mass is 2040 g/mol. The van der Waals surface area contributed by atoms with Crippen LogP contribution >= 0.6 is 0 Å². The average Bonchev–Trinajstić information content (AvgIpc) is 0.824. The number of aliphatic hydroxyl groups is 8. The molecule has 14 aromatic rings. The summed E-state index contributed by atoms with van der Waals surface area (Å²) in [6, 6.07) is 16.5. The first kappa shape index (κ1) is 118. The molecule has 47 heteroatoms. The molecule has 147 heavy (non-hydrogen) atoms. The Balaban J connectivity index is 0.000000209. The van der Waals surface area contributed by atoms with E-state index < -0.39 is 41.9 Å². The third kappa shape index (κ3) is 38.0. The molecule has 0 saturated carbocycles. The van der Waals surface area contributed by atoms with Crippen molar-refractivity contribution in [1.82, 2.24) is 105 Å². The highest BCUT2D eigenvalue weighted by atomic mass is 19.1. The highest BCUT2D eigenvalue weighted by Gasteiger charge is 2.28. The van der Waals surface area contributed by atoms with Crippen LogP contribution in [0, 0.1) is 12.7 Å². The maximum Gasteiger partial charge on any atom is 0.222 e. The van der Waals surface area contributed by atoms with E-state index in [0.717, 1.165) is 127 Å². The van der Waals surface area contributed by atoms with Crippen molar-refractivity contribution < 1.29 is 59.1 Å². The van der Waals surface area contributed by atoms with Gasteiger partial charge in [0.1, 0.15) is 79.7 Å². The third-order valence-electron chi connectivity index (χ3n) is 23.0. The Morgan fingerprint density at radius 1 is 0.374 bits per heavy atom. The standard InChI is InChI=1S/C15H23N5O2.C15H23N5O.C14H19F2N5O.2C14H21N5O2.2C14H21N5O/c1-3-5-6-10(9-21)18-14-13-12(19-15(16)20-14)7-11(8-17-13)22-4-2;1-3-4-5-8-15(2,10-21)20-13-12-11(7-6-9-17-12)18-14(16)19-13;1-2-3-4-9(11(22)6-15)19-13-12-10(20-14(17)21-13)5-8(16)7-18-12;1-14(2,21)6-5-9(8-20)17-12-11-10(4-3-7-16-11)18-13(15)19-12;1-3-4-5-9(8-20)17-13-12-11(18-14(15)19-13)6-10(21-2)7-16-12;1-3-4-6-10(9(2)20)17-13-12-11(7-5-8-16-12)18-14(15)19-13;1-3-4-5-10(8-20)17-13-12-11(18-14(15)19-13)6-9(2)7-16-12/h7-8,10,21H,3-6,9H2,1-2H3,(H3,16,18,19,20);6-7,9,21H,3-5,8,10H2,1-2H3,(H3,16,18,19,20);5,7,9,11,22H,2-4,6H2,1H3,(H3,17,19,20,21);3-4,7,9,20-21H,5-6,8H2,1-2H3,(H3,15,17,18,19);6-7,9,20H,3-5,8H2,1-2H3,(H3,15,17,18,19);5,7-10,20H,3-4,6H2,1-2H3,(H3,15,17,18,19);6-7,10,20H,3-5,8H2,1-2H3,(H3,15,17,18,19)/t10-;15-;9-,11?;2*9-;;10-/m10111.1/s1. The lowest BCUT2D eigenvalue weighted by Gasteiger charge is -2.29. The Morgan fingerprint density at radius 2 is 0.701 bits per heavy atom. The molecule has 798 valence electrons. The lowest BCUT2D eigenvalue weighted by atomic mass is 9.95. The van der Waals surface area contributed by atoms with E-state index >= 15 is 0 Å². The van der Waals surface area contributed by atoms with Crippen LogP contribution in [0.5, 0.6) is 11.5 Å². The number of unbranched alkanes of at least 4 members (excludes halogenated alkanes) is 7. The van der Waals surface area contributed by atoms with Crippen molar-refractivity contribution in [1.29, 1.82) is 0 Å². The number of ether oxygens (including phenoxy) is 2. The molecule has 3 unspecified atom stereocenters. The van der Waals surface area contributed by atoms with Gasteiger partial charge in [0.15, 0.2) is 40.7 Å². The molecule has 0 spiro atoms. The van der Waals surface area contributed by atoms with Gasteiger partial charge >= 0.3 is 0 Å². The van der Waals surface area contributed by atoms with Gasteiger partial charge in [-0.3, -0.25) is 19.9 Å². The van der Waals surface area contributed by atoms with Crippen molar-refractivity contribution in [3.05, 3.63) is 115 Å². The summed E-state index contributed by atoms with van der Waals surface area (Å²) in [5, 5.41) is 99.4. The Kier molecular flexibility index (Phi) is 48.7. The predicted molar refractivity (Wildman–Crippen MR) is 578 cm³/mol. The number of aromatic nitrogens is 21. The molecular weight excluding hydrogens is 1890 g/mol. The molecule has 29 N–H and O–H groups in total. The van der Waals surface area contributed by atoms with Gasteiger partial charge in [-0.05, 0) is 141 Å². The quantitative estimate of drug-likeness (QED) is 0.0158. The van der Waals surface area contributed by atoms with Gasteiger partial charge in [0.2, 0.25) is 41.6 Å². The van der Waals surface area contributed by atoms with Gasteiger partial charge in [-0.2, -0.15) is 34.9 Å². The minimum atomic E-state index is -1.17. The van der Waals surface area contributed by atoms with Gasteiger partial charge in [-0.15, -0.1) is 0 Å². The number of nitrogen functional groups attached to an aromatic ring is 7. The van der Waals surface area contributed by atoms with E-state index in [0.29, 0.717) is 144 Å². The summed E-state index contributed by atoms with van der Waals surface area (Å²) in [5.74, 6) is 5.32. The van der Waals surface area contributed by atoms with Gasteiger partial charge in [0.25, 0.3) is 0 Å². The number of aryl methyl sites for hydroxylation is 1. The number of pyridine rings is 7. The summed E-state index contributed by atoms with van der Waals surface area (Å²) in [4.78, 5) is 88.0. The minimum Gasteiger partial charge on any atom is -0.495 e. The van der Waals surface area contributed by atoms with E-state index in [1.54, 1.807) is 89.3 Å². The number of rotatable bonds is 47. The second-order valence-electron chi connectivity index (χ2n) is 36.2. The molecule has 0 aliphatic carbocycles. The first-order valence-corrected chi connectivity index (χ1v) is 49.8. The topological polar surface area (TPSA) is 717 Å². The molecule has 0 aromatic carbocycles. The molecule has 0 amide bonds. The summed E-state index contributed by atoms with van der Waals surface area (Å²) in [6.45, 7) is 23.5. The Labute approximate surface area is 854 Å². The van der Waals surface area contributed by atoms with Gasteiger partial charge in [0.05, 0.1) is 146 Å². The molecule has 0 fully saturated rings. The summed E-state index contributed by atoms with van der Waals surface area (Å²) in [5.41, 5.74) is 48.2. The molecular formula is C100H149F2N35O10. The first-order chi connectivity index (χ1) is 70.6. The minimum absolute atomic E-state index is 0.0228. The molecule has 9 atom stereocenters. The molecule has 45 nitrogen and oxygen atoms in total. The third-order valence-corrected chi connectivity index (χ3v) is 23.0. The number of anilines is 14. The second kappa shape index (κ2) is 60.6. The zero-order valence-corrected chi connectivity index (χ0v) is 86.3. The number of fused-ring (bicyclic) bond motifs is 7. The Bertz CT molecular complexity index is 6350. The molecule has 14 aromatic heterocycles. The smallest absolute Gasteiger partial charge is 0.222 e. The van der Waals surface area contributed by atoms with Crippen LogP contribution in [0.25, 0.3) is 77.2 Å². The Hall–Kier alpha value is -14.2. The van der Waals surface area contributed by atoms with Crippen molar-refractivity contribution in [2.45, 2.75) is 278 Å². The van der Waals surface area contributed by atoms with Crippen LogP contribution in [0.2, 0.25) is 0 Å². The van der Waals surface area contributed by atoms with Crippen LogP contribution in [-0.4, -0.2) is 259 Å². The van der Waals surface area contributed by atoms with Crippen molar-refractivity contribution in [3.8, 4) is 11.5 Å². The summed E-state index contributed by atoms with van der Waals surface area (Å²) < 4.78 is 36.6. The van der Waals surface area contributed by atoms with Gasteiger partial charge < -0.3 is 128 Å². The average molecular weight is 2040 g/mol. The number of hydrogen-bond donors (Lipinski definition) is 22. The van der Waals surface area contributed by atoms with Gasteiger partial charge in [-0.1, -0.05) is 125 Å². The highest BCUT2D eigenvalue weighted by molar-refractivity contribution is 5.91. The van der Waals surface area contributed by atoms with Crippen molar-refractivity contribution in [2.24, 2.45) is 0 Å². The highest BCUT2D eigenvalue weighted by Crippen LogP contribution is 2.32. The molecule has 0 aliphatic heterocycles. The number of nitrogens with two attached hydrogens (primary N) is 7. The number of halogens is 2. The normalized spacial score (nSPS) is 13.2. The van der Waals surface area contributed by atoms with Crippen LogP contribution in [0.15, 0.2) is 104 Å². The summed E-state index contributed by atoms with van der Waals surface area (Å²) in [7, 11) is 1.57. The van der Waals surface area contributed by atoms with Crippen molar-refractivity contribution in [3.63, 3.8) is 0 Å². The zero-order valence-electron chi connectivity index (χ0n) is 86.3. The molecule has 0 saturated heterocycles. The number of alkyl halides is 1. The van der Waals surface area contributed by atoms with Crippen LogP contribution in [0.3, 0.4) is 0 Å². The van der Waals surface area contributed by atoms with E-state index in [2.05, 4.69) is 176 Å². The first-order valence-electron chi connectivity index (χ1n) is 49.8. The molecule has 0 aliphatic rings. The van der Waals surface area contributed by atoms with E-state index in [4.69, 9.17) is 49.6 Å². The summed E-state index contributed by atoms with van der Waals surface area (Å²) >= 11 is 0. The predicted octanol–water partition coefficient (Wildman–Crippen LogP) is 12.7. The maximum absolute atomic E-state index is 13.2. The van der Waals surface area contributed by atoms with E-state index in [1.807, 2.05) is 58.0 Å². The number of nitrogens with zero attached hydrogens (tertiary/aromatic N) is 21. The van der Waals surface area contributed by atoms with Crippen LogP contribution < -0.4 is 86.8 Å². The maximum atomic E-state index is 13.2. The lowest BCUT2D eigenvalue weighted by Crippen LogP contribution is -2.39. The number of nitrogens with one attached hydrogen (secondary N) is 7. The fourth-order valence-electron chi connectivity index (χ4n) is 15.0. The molecule has 14 heterocycles. The van der Waals surface area contributed by atoms with Gasteiger partial charge in [-0.25, -0.2) is 58.6 Å². The number of aliphatic hydroxyl groups excluding tert-OH is 7. The number of hydrogen-bond acceptors (Lipinski definition) is 45. The second-order valence-corrected chi connectivity index (χ2v) is 36.2. The zero-order chi connectivity index (χ0) is 107. The fourth-order valence-corrected chi connectivity index (χ4v) is 15.0. The van der Waals surface area contributed by atoms with Gasteiger partial charge in [0, 0.05) is 43.0 Å². The SMILES string of the molecule is CC(C)(O)CC[C@H](CO)Nc1nc(N)nc2cccnc12.CCCCC(Nc1nc(N)nc2cccnc12)C(C)O.CCCCC[C@@](C)(CO)Nc1nc(N)nc2cccnc12.CCCC[C@@H](Nc1nc(N)nc2cc(F)cnc12)C(O)CF.CCCC[C@H](CO)Nc1nc(N)nc2cc(C)cnc12.CCCC[C@H](CO)Nc1nc(N)nc2cc(OC)cnc12.CCCC[C@H](CO)Nc1nc(N)nc2cc(OCC)cnc12. The fraction of sp³-hybridized carbons (Fsp3) is 0.510.